The van der Waals surface area contributed by atoms with Crippen LogP contribution in [0, 0.1) is 0 Å². The fourth-order valence-corrected chi connectivity index (χ4v) is 2.92. The molecule has 0 aliphatic carbocycles. The van der Waals surface area contributed by atoms with Crippen molar-refractivity contribution >= 4 is 0 Å². The number of hydrogen-bond donors (Lipinski definition) is 2. The second-order valence-electron chi connectivity index (χ2n) is 5.38. The van der Waals surface area contributed by atoms with Gasteiger partial charge in [-0.25, -0.2) is 0 Å². The van der Waals surface area contributed by atoms with Crippen LogP contribution in [0.5, 0.6) is 5.75 Å². The number of phenolic OH excluding ortho intramolecular Hbond substituents is 1. The molecule has 0 spiro atoms. The molecule has 2 unspecified atom stereocenters. The molecule has 4 nitrogen and oxygen atoms in total. The van der Waals surface area contributed by atoms with Crippen LogP contribution in [0.15, 0.2) is 24.3 Å². The first-order valence-electron chi connectivity index (χ1n) is 7.09. The largest absolute Gasteiger partial charge is 0.508 e. The maximum absolute atomic E-state index is 9.63. The van der Waals surface area contributed by atoms with Gasteiger partial charge in [0.05, 0.1) is 0 Å². The minimum atomic E-state index is 0.204. The highest BCUT2D eigenvalue weighted by atomic mass is 16.3. The predicted octanol–water partition coefficient (Wildman–Crippen LogP) is 1.42. The number of rotatable bonds is 4. The smallest absolute Gasteiger partial charge is 0.115 e. The van der Waals surface area contributed by atoms with E-state index in [1.807, 2.05) is 12.1 Å². The van der Waals surface area contributed by atoms with Crippen molar-refractivity contribution in [3.63, 3.8) is 0 Å². The average Bonchev–Trinajstić information content (AvgIpc) is 2.41. The number of phenols is 1. The minimum absolute atomic E-state index is 0.204. The number of piperazine rings is 1. The monoisotopic (exact) mass is 263 g/mol. The van der Waals surface area contributed by atoms with E-state index in [0.717, 1.165) is 31.6 Å². The molecule has 0 radical (unpaired) electrons. The van der Waals surface area contributed by atoms with Crippen molar-refractivity contribution < 1.29 is 5.11 Å². The summed E-state index contributed by atoms with van der Waals surface area (Å²) in [5, 5.41) is 9.63. The maximum atomic E-state index is 9.63. The topological polar surface area (TPSA) is 52.7 Å². The molecule has 1 heterocycles. The van der Waals surface area contributed by atoms with E-state index in [0.29, 0.717) is 18.3 Å². The van der Waals surface area contributed by atoms with Crippen molar-refractivity contribution in [2.45, 2.75) is 25.4 Å². The molecule has 3 N–H and O–H groups in total. The van der Waals surface area contributed by atoms with Crippen LogP contribution in [0.4, 0.5) is 0 Å². The Kier molecular flexibility index (Phi) is 4.80. The second-order valence-corrected chi connectivity index (χ2v) is 5.38. The highest BCUT2D eigenvalue weighted by molar-refractivity contribution is 5.29. The third kappa shape index (κ3) is 3.26. The van der Waals surface area contributed by atoms with E-state index in [9.17, 15) is 5.11 Å². The van der Waals surface area contributed by atoms with E-state index < -0.39 is 0 Å². The summed E-state index contributed by atoms with van der Waals surface area (Å²) in [6, 6.07) is 8.28. The zero-order valence-corrected chi connectivity index (χ0v) is 11.9. The summed E-state index contributed by atoms with van der Waals surface area (Å²) in [7, 11) is 2.19. The molecule has 0 saturated carbocycles. The third-order valence-corrected chi connectivity index (χ3v) is 4.20. The number of likely N-dealkylation sites (N-methyl/N-ethyl adjacent to an activating group) is 1. The van der Waals surface area contributed by atoms with Crippen LogP contribution in [-0.2, 0) is 0 Å². The summed E-state index contributed by atoms with van der Waals surface area (Å²) in [5.74, 6) is 0.317. The van der Waals surface area contributed by atoms with Gasteiger partial charge in [-0.1, -0.05) is 19.1 Å². The molecule has 1 aliphatic rings. The van der Waals surface area contributed by atoms with E-state index in [-0.39, 0.29) is 6.04 Å². The van der Waals surface area contributed by atoms with Crippen molar-refractivity contribution in [1.29, 1.82) is 0 Å². The van der Waals surface area contributed by atoms with Gasteiger partial charge < -0.3 is 15.7 Å². The van der Waals surface area contributed by atoms with E-state index in [1.54, 1.807) is 6.07 Å². The molecule has 1 saturated heterocycles. The highest BCUT2D eigenvalue weighted by Crippen LogP contribution is 2.25. The van der Waals surface area contributed by atoms with Crippen LogP contribution in [0.2, 0.25) is 0 Å². The minimum Gasteiger partial charge on any atom is -0.508 e. The van der Waals surface area contributed by atoms with Gasteiger partial charge in [0.25, 0.3) is 0 Å². The van der Waals surface area contributed by atoms with Gasteiger partial charge in [-0.15, -0.1) is 0 Å². The Balaban J connectivity index is 2.14. The fraction of sp³-hybridized carbons (Fsp3) is 0.600. The molecule has 1 aromatic carbocycles. The van der Waals surface area contributed by atoms with Crippen molar-refractivity contribution in [2.24, 2.45) is 5.73 Å². The Hall–Kier alpha value is -1.10. The lowest BCUT2D eigenvalue weighted by molar-refractivity contribution is 0.0643. The van der Waals surface area contributed by atoms with E-state index in [2.05, 4.69) is 29.8 Å². The SMILES string of the molecule is CCC1CN(C(CN)c2cccc(O)c2)CCN1C. The molecule has 0 bridgehead atoms. The molecule has 2 atom stereocenters. The molecule has 106 valence electrons. The molecular formula is C15H25N3O. The number of nitrogens with zero attached hydrogens (tertiary/aromatic N) is 2. The van der Waals surface area contributed by atoms with Gasteiger partial charge in [0.15, 0.2) is 0 Å². The van der Waals surface area contributed by atoms with Crippen LogP contribution in [0.25, 0.3) is 0 Å². The van der Waals surface area contributed by atoms with Gasteiger partial charge >= 0.3 is 0 Å². The van der Waals surface area contributed by atoms with E-state index in [1.165, 1.54) is 0 Å². The summed E-state index contributed by atoms with van der Waals surface area (Å²) >= 11 is 0. The Labute approximate surface area is 115 Å². The molecule has 1 aromatic rings. The van der Waals surface area contributed by atoms with Crippen molar-refractivity contribution in [1.82, 2.24) is 9.80 Å². The zero-order chi connectivity index (χ0) is 13.8. The molecule has 4 heteroatoms. The van der Waals surface area contributed by atoms with Gasteiger partial charge in [-0.2, -0.15) is 0 Å². The zero-order valence-electron chi connectivity index (χ0n) is 11.9. The Morgan fingerprint density at radius 3 is 2.84 bits per heavy atom. The Morgan fingerprint density at radius 2 is 2.21 bits per heavy atom. The summed E-state index contributed by atoms with van der Waals surface area (Å²) in [6.07, 6.45) is 1.16. The van der Waals surface area contributed by atoms with Gasteiger partial charge in [0, 0.05) is 38.3 Å². The molecule has 19 heavy (non-hydrogen) atoms. The first-order valence-corrected chi connectivity index (χ1v) is 7.09. The summed E-state index contributed by atoms with van der Waals surface area (Å²) in [6.45, 7) is 5.98. The lowest BCUT2D eigenvalue weighted by Crippen LogP contribution is -2.53. The Bertz CT molecular complexity index is 410. The van der Waals surface area contributed by atoms with Gasteiger partial charge in [-0.05, 0) is 31.2 Å². The number of hydrogen-bond acceptors (Lipinski definition) is 4. The maximum Gasteiger partial charge on any atom is 0.115 e. The summed E-state index contributed by atoms with van der Waals surface area (Å²) in [4.78, 5) is 4.87. The first-order chi connectivity index (χ1) is 9.15. The molecule has 2 rings (SSSR count). The van der Waals surface area contributed by atoms with Crippen LogP contribution in [-0.4, -0.2) is 54.2 Å². The lowest BCUT2D eigenvalue weighted by Gasteiger charge is -2.42. The van der Waals surface area contributed by atoms with Gasteiger partial charge in [-0.3, -0.25) is 4.90 Å². The third-order valence-electron chi connectivity index (χ3n) is 4.20. The second kappa shape index (κ2) is 6.37. The van der Waals surface area contributed by atoms with Crippen molar-refractivity contribution in [3.05, 3.63) is 29.8 Å². The fourth-order valence-electron chi connectivity index (χ4n) is 2.92. The Morgan fingerprint density at radius 1 is 1.42 bits per heavy atom. The molecule has 0 aromatic heterocycles. The normalized spacial score (nSPS) is 23.4. The van der Waals surface area contributed by atoms with Crippen molar-refractivity contribution in [3.8, 4) is 5.75 Å². The quantitative estimate of drug-likeness (QED) is 0.862. The van der Waals surface area contributed by atoms with E-state index >= 15 is 0 Å². The van der Waals surface area contributed by atoms with Crippen LogP contribution < -0.4 is 5.73 Å². The summed E-state index contributed by atoms with van der Waals surface area (Å²) < 4.78 is 0. The van der Waals surface area contributed by atoms with Crippen LogP contribution >= 0.6 is 0 Å². The van der Waals surface area contributed by atoms with Crippen LogP contribution in [0.1, 0.15) is 24.9 Å². The molecular weight excluding hydrogens is 238 g/mol. The molecule has 1 fully saturated rings. The van der Waals surface area contributed by atoms with Gasteiger partial charge in [0.1, 0.15) is 5.75 Å². The summed E-state index contributed by atoms with van der Waals surface area (Å²) in [5.41, 5.74) is 7.08. The number of benzene rings is 1. The number of aromatic hydroxyl groups is 1. The highest BCUT2D eigenvalue weighted by Gasteiger charge is 2.28. The predicted molar refractivity (Wildman–Crippen MR) is 78.2 cm³/mol. The molecule has 1 aliphatic heterocycles. The van der Waals surface area contributed by atoms with Crippen molar-refractivity contribution in [2.75, 3.05) is 33.2 Å². The number of nitrogens with two attached hydrogens (primary N) is 1. The molecule has 0 amide bonds. The van der Waals surface area contributed by atoms with E-state index in [4.69, 9.17) is 5.73 Å². The lowest BCUT2D eigenvalue weighted by atomic mass is 10.0. The standard InChI is InChI=1S/C15H25N3O/c1-3-13-11-18(8-7-17(13)2)15(10-16)12-5-4-6-14(19)9-12/h4-6,9,13,15,19H,3,7-8,10-11,16H2,1-2H3. The first kappa shape index (κ1) is 14.3. The van der Waals surface area contributed by atoms with Gasteiger partial charge in [0.2, 0.25) is 0 Å². The average molecular weight is 263 g/mol. The van der Waals surface area contributed by atoms with Crippen LogP contribution in [0.3, 0.4) is 0 Å².